The molecule has 5 heteroatoms. The molecule has 76 valence electrons. The van der Waals surface area contributed by atoms with Crippen molar-refractivity contribution in [2.75, 3.05) is 20.3 Å². The molecule has 0 fully saturated rings. The molecule has 0 atom stereocenters. The smallest absolute Gasteiger partial charge is 0.111 e. The van der Waals surface area contributed by atoms with Crippen LogP contribution in [0.4, 0.5) is 0 Å². The third kappa shape index (κ3) is 3.56. The number of imidazole rings is 1. The van der Waals surface area contributed by atoms with E-state index in [0.717, 1.165) is 12.2 Å². The second-order valence-corrected chi connectivity index (χ2v) is 2.87. The maximum atomic E-state index is 8.44. The third-order valence-electron chi connectivity index (χ3n) is 1.73. The fraction of sp³-hybridized carbons (Fsp3) is 0.556. The van der Waals surface area contributed by atoms with E-state index >= 15 is 0 Å². The number of nitrogens with one attached hydrogen (secondary N) is 1. The van der Waals surface area contributed by atoms with Crippen molar-refractivity contribution in [3.8, 4) is 6.07 Å². The zero-order valence-electron chi connectivity index (χ0n) is 8.23. The Bertz CT molecular complexity index is 302. The molecule has 0 aliphatic heterocycles. The first-order valence-electron chi connectivity index (χ1n) is 4.44. The molecule has 0 saturated carbocycles. The topological polar surface area (TPSA) is 62.9 Å². The molecule has 0 aromatic carbocycles. The van der Waals surface area contributed by atoms with Gasteiger partial charge in [0.05, 0.1) is 24.7 Å². The van der Waals surface area contributed by atoms with E-state index in [2.05, 4.69) is 16.4 Å². The summed E-state index contributed by atoms with van der Waals surface area (Å²) in [5.74, 6) is 0. The molecule has 0 aliphatic rings. The predicted molar refractivity (Wildman–Crippen MR) is 51.4 cm³/mol. The number of rotatable bonds is 6. The van der Waals surface area contributed by atoms with Gasteiger partial charge >= 0.3 is 0 Å². The van der Waals surface area contributed by atoms with Crippen LogP contribution in [0.1, 0.15) is 5.69 Å². The van der Waals surface area contributed by atoms with Crippen LogP contribution >= 0.6 is 0 Å². The summed E-state index contributed by atoms with van der Waals surface area (Å²) < 4.78 is 6.65. The average molecular weight is 194 g/mol. The third-order valence-corrected chi connectivity index (χ3v) is 1.73. The van der Waals surface area contributed by atoms with Crippen LogP contribution in [-0.2, 0) is 17.8 Å². The van der Waals surface area contributed by atoms with Crippen LogP contribution in [0.25, 0.3) is 0 Å². The first-order valence-corrected chi connectivity index (χ1v) is 4.44. The molecular weight excluding hydrogens is 180 g/mol. The molecule has 1 N–H and O–H groups in total. The number of hydrogen-bond acceptors (Lipinski definition) is 4. The van der Waals surface area contributed by atoms with Gasteiger partial charge < -0.3 is 14.6 Å². The standard InChI is InChI=1S/C9H14N4O/c1-14-5-3-11-6-9-7-13(4-2-10)8-12-9/h7-8,11H,3-6H2,1H3. The molecule has 0 amide bonds. The van der Waals surface area contributed by atoms with E-state index in [1.54, 1.807) is 18.0 Å². The summed E-state index contributed by atoms with van der Waals surface area (Å²) in [5, 5.41) is 11.6. The maximum Gasteiger partial charge on any atom is 0.111 e. The number of aromatic nitrogens is 2. The van der Waals surface area contributed by atoms with E-state index in [1.807, 2.05) is 6.20 Å². The highest BCUT2D eigenvalue weighted by atomic mass is 16.5. The van der Waals surface area contributed by atoms with Crippen LogP contribution in [0.2, 0.25) is 0 Å². The first kappa shape index (κ1) is 10.7. The van der Waals surface area contributed by atoms with E-state index in [9.17, 15) is 0 Å². The molecule has 1 heterocycles. The summed E-state index contributed by atoms with van der Waals surface area (Å²) in [6, 6.07) is 2.06. The lowest BCUT2D eigenvalue weighted by atomic mass is 10.4. The fourth-order valence-corrected chi connectivity index (χ4v) is 1.06. The number of nitrogens with zero attached hydrogens (tertiary/aromatic N) is 3. The highest BCUT2D eigenvalue weighted by Crippen LogP contribution is 1.94. The van der Waals surface area contributed by atoms with Crippen molar-refractivity contribution in [2.24, 2.45) is 0 Å². The van der Waals surface area contributed by atoms with Crippen molar-refractivity contribution in [1.29, 1.82) is 5.26 Å². The zero-order valence-corrected chi connectivity index (χ0v) is 8.23. The van der Waals surface area contributed by atoms with Gasteiger partial charge in [0, 0.05) is 26.4 Å². The minimum absolute atomic E-state index is 0.352. The highest BCUT2D eigenvalue weighted by molar-refractivity contribution is 4.97. The Morgan fingerprint density at radius 1 is 1.71 bits per heavy atom. The van der Waals surface area contributed by atoms with Crippen molar-refractivity contribution in [3.05, 3.63) is 18.2 Å². The maximum absolute atomic E-state index is 8.44. The summed E-state index contributed by atoms with van der Waals surface area (Å²) in [7, 11) is 1.67. The number of methoxy groups -OCH3 is 1. The van der Waals surface area contributed by atoms with Gasteiger partial charge in [-0.25, -0.2) is 4.98 Å². The minimum atomic E-state index is 0.352. The van der Waals surface area contributed by atoms with E-state index in [4.69, 9.17) is 10.00 Å². The van der Waals surface area contributed by atoms with Gasteiger partial charge in [-0.05, 0) is 0 Å². The van der Waals surface area contributed by atoms with Gasteiger partial charge in [0.1, 0.15) is 6.54 Å². The minimum Gasteiger partial charge on any atom is -0.383 e. The van der Waals surface area contributed by atoms with Gasteiger partial charge in [0.25, 0.3) is 0 Å². The molecule has 0 unspecified atom stereocenters. The summed E-state index contributed by atoms with van der Waals surface area (Å²) in [5.41, 5.74) is 0.941. The quantitative estimate of drug-likeness (QED) is 0.654. The number of ether oxygens (including phenoxy) is 1. The summed E-state index contributed by atoms with van der Waals surface area (Å²) in [6.07, 6.45) is 3.53. The van der Waals surface area contributed by atoms with Crippen molar-refractivity contribution in [3.63, 3.8) is 0 Å². The first-order chi connectivity index (χ1) is 6.86. The molecule has 0 spiro atoms. The fourth-order valence-electron chi connectivity index (χ4n) is 1.06. The van der Waals surface area contributed by atoms with Gasteiger partial charge in [-0.1, -0.05) is 0 Å². The van der Waals surface area contributed by atoms with E-state index < -0.39 is 0 Å². The van der Waals surface area contributed by atoms with Gasteiger partial charge in [0.2, 0.25) is 0 Å². The summed E-state index contributed by atoms with van der Waals surface area (Å²) in [6.45, 7) is 2.56. The normalized spacial score (nSPS) is 10.0. The Morgan fingerprint density at radius 2 is 2.57 bits per heavy atom. The van der Waals surface area contributed by atoms with Crippen LogP contribution in [-0.4, -0.2) is 29.8 Å². The zero-order chi connectivity index (χ0) is 10.2. The van der Waals surface area contributed by atoms with Gasteiger partial charge in [-0.15, -0.1) is 0 Å². The molecule has 0 aliphatic carbocycles. The monoisotopic (exact) mass is 194 g/mol. The van der Waals surface area contributed by atoms with E-state index in [0.29, 0.717) is 19.7 Å². The second-order valence-electron chi connectivity index (χ2n) is 2.87. The van der Waals surface area contributed by atoms with Crippen LogP contribution in [0, 0.1) is 11.3 Å². The van der Waals surface area contributed by atoms with Crippen LogP contribution in [0.3, 0.4) is 0 Å². The second kappa shape index (κ2) is 6.13. The highest BCUT2D eigenvalue weighted by Gasteiger charge is 1.97. The lowest BCUT2D eigenvalue weighted by Gasteiger charge is -2.00. The average Bonchev–Trinajstić information content (AvgIpc) is 2.61. The SMILES string of the molecule is COCCNCc1cn(CC#N)cn1. The van der Waals surface area contributed by atoms with E-state index in [-0.39, 0.29) is 0 Å². The molecule has 5 nitrogen and oxygen atoms in total. The lowest BCUT2D eigenvalue weighted by molar-refractivity contribution is 0.199. The van der Waals surface area contributed by atoms with Crippen molar-refractivity contribution >= 4 is 0 Å². The molecule has 1 rings (SSSR count). The lowest BCUT2D eigenvalue weighted by Crippen LogP contribution is -2.18. The molecule has 1 aromatic heterocycles. The summed E-state index contributed by atoms with van der Waals surface area (Å²) >= 11 is 0. The Hall–Kier alpha value is -1.38. The molecular formula is C9H14N4O. The molecule has 1 aromatic rings. The van der Waals surface area contributed by atoms with Gasteiger partial charge in [-0.3, -0.25) is 0 Å². The van der Waals surface area contributed by atoms with Crippen molar-refractivity contribution in [1.82, 2.24) is 14.9 Å². The number of hydrogen-bond donors (Lipinski definition) is 1. The van der Waals surface area contributed by atoms with E-state index in [1.165, 1.54) is 0 Å². The largest absolute Gasteiger partial charge is 0.383 e. The predicted octanol–water partition coefficient (Wildman–Crippen LogP) is 0.143. The van der Waals surface area contributed by atoms with Crippen LogP contribution in [0.15, 0.2) is 12.5 Å². The van der Waals surface area contributed by atoms with Crippen LogP contribution in [0.5, 0.6) is 0 Å². The summed E-state index contributed by atoms with van der Waals surface area (Å²) in [4.78, 5) is 4.14. The van der Waals surface area contributed by atoms with Gasteiger partial charge in [-0.2, -0.15) is 5.26 Å². The Balaban J connectivity index is 2.26. The molecule has 0 radical (unpaired) electrons. The Kier molecular flexibility index (Phi) is 4.69. The molecule has 0 saturated heterocycles. The molecule has 0 bridgehead atoms. The van der Waals surface area contributed by atoms with Gasteiger partial charge in [0.15, 0.2) is 0 Å². The van der Waals surface area contributed by atoms with Crippen LogP contribution < -0.4 is 5.32 Å². The van der Waals surface area contributed by atoms with Crippen molar-refractivity contribution in [2.45, 2.75) is 13.1 Å². The van der Waals surface area contributed by atoms with Crippen molar-refractivity contribution < 1.29 is 4.74 Å². The Labute approximate surface area is 83.3 Å². The molecule has 14 heavy (non-hydrogen) atoms. The Morgan fingerprint density at radius 3 is 3.29 bits per heavy atom. The number of nitriles is 1.